The number of ether oxygens (including phenoxy) is 1. The van der Waals surface area contributed by atoms with Crippen molar-refractivity contribution < 1.29 is 23.5 Å². The second-order valence-corrected chi connectivity index (χ2v) is 8.52. The Balaban J connectivity index is 1.36. The van der Waals surface area contributed by atoms with Crippen LogP contribution in [0.2, 0.25) is 0 Å². The van der Waals surface area contributed by atoms with Gasteiger partial charge in [-0.3, -0.25) is 9.59 Å². The molecule has 0 aliphatic heterocycles. The van der Waals surface area contributed by atoms with Gasteiger partial charge < -0.3 is 25.5 Å². The maximum Gasteiger partial charge on any atom is 0.408 e. The Morgan fingerprint density at radius 3 is 2.35 bits per heavy atom. The zero-order valence-corrected chi connectivity index (χ0v) is 20.3. The van der Waals surface area contributed by atoms with Gasteiger partial charge in [0.15, 0.2) is 0 Å². The van der Waals surface area contributed by atoms with Crippen molar-refractivity contribution in [2.75, 3.05) is 5.32 Å². The molecule has 4 N–H and O–H groups in total. The van der Waals surface area contributed by atoms with Crippen LogP contribution in [0.1, 0.15) is 27.0 Å². The summed E-state index contributed by atoms with van der Waals surface area (Å²) in [5, 5.41) is 5.44. The molecule has 1 aromatic heterocycles. The van der Waals surface area contributed by atoms with Gasteiger partial charge in [0.05, 0.1) is 6.26 Å². The Bertz CT molecular complexity index is 1370. The monoisotopic (exact) mass is 497 g/mol. The van der Waals surface area contributed by atoms with Crippen molar-refractivity contribution >= 4 is 23.6 Å². The number of primary amides is 1. The lowest BCUT2D eigenvalue weighted by atomic mass is 10.0. The van der Waals surface area contributed by atoms with Gasteiger partial charge in [0.1, 0.15) is 18.4 Å². The maximum absolute atomic E-state index is 12.9. The molecule has 1 heterocycles. The summed E-state index contributed by atoms with van der Waals surface area (Å²) in [6.07, 6.45) is 1.01. The molecule has 0 aliphatic rings. The van der Waals surface area contributed by atoms with Gasteiger partial charge in [-0.05, 0) is 53.9 Å². The van der Waals surface area contributed by atoms with Gasteiger partial charge >= 0.3 is 6.09 Å². The summed E-state index contributed by atoms with van der Waals surface area (Å²) in [6, 6.07) is 24.3. The predicted molar refractivity (Wildman–Crippen MR) is 140 cm³/mol. The van der Waals surface area contributed by atoms with E-state index in [1.807, 2.05) is 61.5 Å². The molecule has 0 aliphatic carbocycles. The van der Waals surface area contributed by atoms with Crippen LogP contribution >= 0.6 is 0 Å². The van der Waals surface area contributed by atoms with Gasteiger partial charge in [-0.2, -0.15) is 0 Å². The summed E-state index contributed by atoms with van der Waals surface area (Å²) in [5.41, 5.74) is 9.92. The third-order valence-corrected chi connectivity index (χ3v) is 5.80. The Hall–Kier alpha value is -4.85. The zero-order valence-electron chi connectivity index (χ0n) is 20.3. The molecule has 0 bridgehead atoms. The molecule has 8 heteroatoms. The quantitative estimate of drug-likeness (QED) is 0.306. The molecule has 4 aromatic rings. The highest BCUT2D eigenvalue weighted by Gasteiger charge is 2.20. The summed E-state index contributed by atoms with van der Waals surface area (Å²) >= 11 is 0. The number of hydrogen-bond donors (Lipinski definition) is 3. The number of hydrogen-bond acceptors (Lipinski definition) is 5. The SMILES string of the molecule is Cc1ccc(-c2ccco2)cc1NC(=O)c1ccc(CC(NC(=O)OCc2ccccc2)C(N)=O)cc1. The number of anilines is 1. The van der Waals surface area contributed by atoms with Crippen molar-refractivity contribution in [1.82, 2.24) is 5.32 Å². The lowest BCUT2D eigenvalue weighted by Crippen LogP contribution is -2.46. The second kappa shape index (κ2) is 11.7. The van der Waals surface area contributed by atoms with Crippen molar-refractivity contribution in [3.05, 3.63) is 113 Å². The minimum Gasteiger partial charge on any atom is -0.464 e. The first-order valence-corrected chi connectivity index (χ1v) is 11.7. The van der Waals surface area contributed by atoms with E-state index in [-0.39, 0.29) is 18.9 Å². The number of amides is 3. The van der Waals surface area contributed by atoms with Crippen molar-refractivity contribution in [3.8, 4) is 11.3 Å². The third-order valence-electron chi connectivity index (χ3n) is 5.80. The van der Waals surface area contributed by atoms with Crippen LogP contribution in [0.3, 0.4) is 0 Å². The van der Waals surface area contributed by atoms with E-state index in [1.165, 1.54) is 0 Å². The fourth-order valence-electron chi connectivity index (χ4n) is 3.70. The molecule has 1 atom stereocenters. The topological polar surface area (TPSA) is 124 Å². The molecule has 4 rings (SSSR count). The summed E-state index contributed by atoms with van der Waals surface area (Å²) in [4.78, 5) is 36.9. The summed E-state index contributed by atoms with van der Waals surface area (Å²) < 4.78 is 10.6. The average Bonchev–Trinajstić information content (AvgIpc) is 3.44. The molecule has 3 amide bonds. The molecule has 1 unspecified atom stereocenters. The Labute approximate surface area is 214 Å². The van der Waals surface area contributed by atoms with Crippen molar-refractivity contribution in [1.29, 1.82) is 0 Å². The van der Waals surface area contributed by atoms with Crippen molar-refractivity contribution in [2.24, 2.45) is 5.73 Å². The summed E-state index contributed by atoms with van der Waals surface area (Å²) in [6.45, 7) is 1.98. The van der Waals surface area contributed by atoms with E-state index in [9.17, 15) is 14.4 Å². The van der Waals surface area contributed by atoms with Gasteiger partial charge in [-0.1, -0.05) is 54.6 Å². The Morgan fingerprint density at radius 1 is 0.919 bits per heavy atom. The molecule has 0 saturated carbocycles. The van der Waals surface area contributed by atoms with Crippen LogP contribution in [0.4, 0.5) is 10.5 Å². The Kier molecular flexibility index (Phi) is 8.00. The van der Waals surface area contributed by atoms with Crippen LogP contribution in [-0.2, 0) is 22.6 Å². The van der Waals surface area contributed by atoms with Crippen LogP contribution in [0, 0.1) is 6.92 Å². The number of alkyl carbamates (subject to hydrolysis) is 1. The number of carbonyl (C=O) groups excluding carboxylic acids is 3. The first-order valence-electron chi connectivity index (χ1n) is 11.7. The van der Waals surface area contributed by atoms with Gasteiger partial charge in [0, 0.05) is 23.2 Å². The largest absolute Gasteiger partial charge is 0.464 e. The highest BCUT2D eigenvalue weighted by atomic mass is 16.5. The number of aryl methyl sites for hydroxylation is 1. The molecule has 0 spiro atoms. The minimum atomic E-state index is -0.963. The van der Waals surface area contributed by atoms with Crippen molar-refractivity contribution in [2.45, 2.75) is 26.0 Å². The standard InChI is InChI=1S/C29H27N3O5/c1-19-9-12-23(26-8-5-15-36-26)17-24(19)31-28(34)22-13-10-20(11-14-22)16-25(27(30)33)32-29(35)37-18-21-6-3-2-4-7-21/h2-15,17,25H,16,18H2,1H3,(H2,30,33)(H,31,34)(H,32,35). The van der Waals surface area contributed by atoms with E-state index in [2.05, 4.69) is 10.6 Å². The number of furan rings is 1. The maximum atomic E-state index is 12.9. The van der Waals surface area contributed by atoms with Gasteiger partial charge in [-0.15, -0.1) is 0 Å². The van der Waals surface area contributed by atoms with E-state index in [0.29, 0.717) is 17.0 Å². The molecule has 37 heavy (non-hydrogen) atoms. The van der Waals surface area contributed by atoms with Crippen molar-refractivity contribution in [3.63, 3.8) is 0 Å². The summed E-state index contributed by atoms with van der Waals surface area (Å²) in [7, 11) is 0. The van der Waals surface area contributed by atoms with E-state index in [1.54, 1.807) is 36.6 Å². The van der Waals surface area contributed by atoms with E-state index < -0.39 is 18.0 Å². The van der Waals surface area contributed by atoms with Crippen LogP contribution in [0.25, 0.3) is 11.3 Å². The molecule has 0 fully saturated rings. The van der Waals surface area contributed by atoms with E-state index >= 15 is 0 Å². The molecule has 188 valence electrons. The predicted octanol–water partition coefficient (Wildman–Crippen LogP) is 4.83. The first kappa shape index (κ1) is 25.2. The van der Waals surface area contributed by atoms with E-state index in [4.69, 9.17) is 14.9 Å². The number of carbonyl (C=O) groups is 3. The number of benzene rings is 3. The zero-order chi connectivity index (χ0) is 26.2. The summed E-state index contributed by atoms with van der Waals surface area (Å²) in [5.74, 6) is -0.257. The van der Waals surface area contributed by atoms with Gasteiger partial charge in [0.2, 0.25) is 5.91 Å². The smallest absolute Gasteiger partial charge is 0.408 e. The van der Waals surface area contributed by atoms with Crippen LogP contribution in [-0.4, -0.2) is 23.9 Å². The third kappa shape index (κ3) is 6.85. The molecule has 0 radical (unpaired) electrons. The molecule has 0 saturated heterocycles. The fourth-order valence-corrected chi connectivity index (χ4v) is 3.70. The first-order chi connectivity index (χ1) is 17.9. The molecular weight excluding hydrogens is 470 g/mol. The number of nitrogens with two attached hydrogens (primary N) is 1. The fraction of sp³-hybridized carbons (Fsp3) is 0.138. The average molecular weight is 498 g/mol. The number of rotatable bonds is 9. The molecular formula is C29H27N3O5. The van der Waals surface area contributed by atoms with Crippen LogP contribution in [0.15, 0.2) is 95.6 Å². The van der Waals surface area contributed by atoms with E-state index in [0.717, 1.165) is 22.3 Å². The Morgan fingerprint density at radius 2 is 1.68 bits per heavy atom. The van der Waals surface area contributed by atoms with Crippen LogP contribution in [0.5, 0.6) is 0 Å². The molecule has 3 aromatic carbocycles. The normalized spacial score (nSPS) is 11.4. The van der Waals surface area contributed by atoms with Gasteiger partial charge in [-0.25, -0.2) is 4.79 Å². The highest BCUT2D eigenvalue weighted by Crippen LogP contribution is 2.26. The lowest BCUT2D eigenvalue weighted by molar-refractivity contribution is -0.119. The second-order valence-electron chi connectivity index (χ2n) is 8.52. The highest BCUT2D eigenvalue weighted by molar-refractivity contribution is 6.05. The molecule has 8 nitrogen and oxygen atoms in total. The van der Waals surface area contributed by atoms with Crippen LogP contribution < -0.4 is 16.4 Å². The lowest BCUT2D eigenvalue weighted by Gasteiger charge is -2.16. The number of nitrogens with one attached hydrogen (secondary N) is 2. The van der Waals surface area contributed by atoms with Gasteiger partial charge in [0.25, 0.3) is 5.91 Å². The minimum absolute atomic E-state index is 0.0753.